The molecule has 0 aliphatic carbocycles. The van der Waals surface area contributed by atoms with Crippen molar-refractivity contribution in [2.45, 2.75) is 6.61 Å². The summed E-state index contributed by atoms with van der Waals surface area (Å²) in [5, 5.41) is 0. The van der Waals surface area contributed by atoms with Crippen LogP contribution in [0.5, 0.6) is 6.01 Å². The number of rotatable bonds is 7. The van der Waals surface area contributed by atoms with Gasteiger partial charge in [-0.15, -0.1) is 0 Å². The number of anilines is 2. The summed E-state index contributed by atoms with van der Waals surface area (Å²) in [6, 6.07) is 14.8. The molecular formula is C21H23N5O4S. The second-order valence-corrected chi connectivity index (χ2v) is 8.80. The molecule has 1 aromatic carbocycles. The zero-order chi connectivity index (χ0) is 21.7. The van der Waals surface area contributed by atoms with Crippen LogP contribution in [-0.4, -0.2) is 55.9 Å². The summed E-state index contributed by atoms with van der Waals surface area (Å²) in [5.74, 6) is 0.752. The fraction of sp³-hybridized carbons (Fsp3) is 0.286. The molecule has 0 spiro atoms. The lowest BCUT2D eigenvalue weighted by atomic mass is 10.1. The summed E-state index contributed by atoms with van der Waals surface area (Å²) in [5.41, 5.74) is 2.76. The molecule has 1 fully saturated rings. The molecule has 2 aromatic heterocycles. The van der Waals surface area contributed by atoms with Gasteiger partial charge in [-0.1, -0.05) is 18.2 Å². The molecule has 1 saturated heterocycles. The Kier molecular flexibility index (Phi) is 6.28. The first kappa shape index (κ1) is 21.0. The average molecular weight is 442 g/mol. The Hall–Kier alpha value is -3.24. The van der Waals surface area contributed by atoms with Gasteiger partial charge in [-0.25, -0.2) is 8.42 Å². The number of benzene rings is 1. The standard InChI is InChI=1S/C21H23N5O4S/c1-31(27,28)25-17-7-5-16(6-8-17)19-14-20(26-10-12-29-13-11-26)24-21(23-19)30-15-18-4-2-3-9-22-18/h2-9,14,25H,10-13,15H2,1H3. The summed E-state index contributed by atoms with van der Waals surface area (Å²) < 4.78 is 36.6. The minimum absolute atomic E-state index is 0.253. The van der Waals surface area contributed by atoms with Crippen LogP contribution in [0, 0.1) is 0 Å². The van der Waals surface area contributed by atoms with Gasteiger partial charge in [0.25, 0.3) is 0 Å². The van der Waals surface area contributed by atoms with E-state index in [4.69, 9.17) is 9.47 Å². The van der Waals surface area contributed by atoms with Gasteiger partial charge in [0.05, 0.1) is 30.9 Å². The molecule has 162 valence electrons. The zero-order valence-electron chi connectivity index (χ0n) is 17.1. The summed E-state index contributed by atoms with van der Waals surface area (Å²) >= 11 is 0. The van der Waals surface area contributed by atoms with Crippen LogP contribution in [-0.2, 0) is 21.4 Å². The van der Waals surface area contributed by atoms with Crippen molar-refractivity contribution in [1.82, 2.24) is 15.0 Å². The number of hydrogen-bond acceptors (Lipinski definition) is 8. The number of morpholine rings is 1. The average Bonchev–Trinajstić information content (AvgIpc) is 2.78. The molecule has 3 heterocycles. The van der Waals surface area contributed by atoms with Gasteiger partial charge in [0.1, 0.15) is 12.4 Å². The van der Waals surface area contributed by atoms with E-state index >= 15 is 0 Å². The van der Waals surface area contributed by atoms with Gasteiger partial charge in [0, 0.05) is 36.6 Å². The van der Waals surface area contributed by atoms with Gasteiger partial charge in [0.15, 0.2) is 0 Å². The first-order chi connectivity index (χ1) is 15.0. The molecule has 0 amide bonds. The number of sulfonamides is 1. The van der Waals surface area contributed by atoms with E-state index in [1.165, 1.54) is 0 Å². The molecule has 1 aliphatic rings. The summed E-state index contributed by atoms with van der Waals surface area (Å²) in [6.07, 6.45) is 2.83. The highest BCUT2D eigenvalue weighted by Gasteiger charge is 2.16. The molecule has 0 unspecified atom stereocenters. The second kappa shape index (κ2) is 9.27. The van der Waals surface area contributed by atoms with Crippen molar-refractivity contribution in [1.29, 1.82) is 0 Å². The lowest BCUT2D eigenvalue weighted by molar-refractivity contribution is 0.122. The van der Waals surface area contributed by atoms with Crippen molar-refractivity contribution in [2.75, 3.05) is 42.2 Å². The highest BCUT2D eigenvalue weighted by Crippen LogP contribution is 2.26. The van der Waals surface area contributed by atoms with Crippen molar-refractivity contribution in [3.05, 3.63) is 60.4 Å². The highest BCUT2D eigenvalue weighted by molar-refractivity contribution is 7.92. The van der Waals surface area contributed by atoms with Crippen LogP contribution in [0.2, 0.25) is 0 Å². The quantitative estimate of drug-likeness (QED) is 0.595. The van der Waals surface area contributed by atoms with Crippen LogP contribution in [0.25, 0.3) is 11.3 Å². The third-order valence-corrected chi connectivity index (χ3v) is 5.19. The zero-order valence-corrected chi connectivity index (χ0v) is 17.9. The molecule has 9 nitrogen and oxygen atoms in total. The Bertz CT molecular complexity index is 1120. The smallest absolute Gasteiger partial charge is 0.319 e. The topological polar surface area (TPSA) is 107 Å². The van der Waals surface area contributed by atoms with Crippen LogP contribution in [0.15, 0.2) is 54.7 Å². The molecule has 4 rings (SSSR count). The van der Waals surface area contributed by atoms with Crippen molar-refractivity contribution >= 4 is 21.5 Å². The van der Waals surface area contributed by atoms with Crippen molar-refractivity contribution in [2.24, 2.45) is 0 Å². The van der Waals surface area contributed by atoms with Gasteiger partial charge >= 0.3 is 6.01 Å². The van der Waals surface area contributed by atoms with Gasteiger partial charge in [-0.2, -0.15) is 9.97 Å². The van der Waals surface area contributed by atoms with E-state index in [1.54, 1.807) is 18.3 Å². The second-order valence-electron chi connectivity index (χ2n) is 7.05. The molecule has 0 saturated carbocycles. The first-order valence-corrected chi connectivity index (χ1v) is 11.7. The summed E-state index contributed by atoms with van der Waals surface area (Å²) in [4.78, 5) is 15.5. The normalized spacial score (nSPS) is 14.3. The molecule has 0 atom stereocenters. The third-order valence-electron chi connectivity index (χ3n) is 4.59. The summed E-state index contributed by atoms with van der Waals surface area (Å²) in [6.45, 7) is 2.98. The number of hydrogen-bond donors (Lipinski definition) is 1. The highest BCUT2D eigenvalue weighted by atomic mass is 32.2. The van der Waals surface area contributed by atoms with Crippen LogP contribution >= 0.6 is 0 Å². The third kappa shape index (κ3) is 5.89. The van der Waals surface area contributed by atoms with E-state index < -0.39 is 10.0 Å². The molecule has 0 bridgehead atoms. The van der Waals surface area contributed by atoms with E-state index in [9.17, 15) is 8.42 Å². The monoisotopic (exact) mass is 441 g/mol. The molecule has 1 aliphatic heterocycles. The van der Waals surface area contributed by atoms with Crippen molar-refractivity contribution in [3.63, 3.8) is 0 Å². The molecular weight excluding hydrogens is 418 g/mol. The van der Waals surface area contributed by atoms with Gasteiger partial charge < -0.3 is 14.4 Å². The molecule has 1 N–H and O–H groups in total. The Morgan fingerprint density at radius 2 is 1.87 bits per heavy atom. The van der Waals surface area contributed by atoms with Crippen molar-refractivity contribution in [3.8, 4) is 17.3 Å². The summed E-state index contributed by atoms with van der Waals surface area (Å²) in [7, 11) is -3.34. The molecule has 10 heteroatoms. The minimum Gasteiger partial charge on any atom is -0.457 e. The lowest BCUT2D eigenvalue weighted by Gasteiger charge is -2.28. The van der Waals surface area contributed by atoms with Crippen LogP contribution in [0.3, 0.4) is 0 Å². The first-order valence-electron chi connectivity index (χ1n) is 9.79. The number of ether oxygens (including phenoxy) is 2. The Morgan fingerprint density at radius 3 is 2.55 bits per heavy atom. The van der Waals surface area contributed by atoms with E-state index in [0.717, 1.165) is 36.4 Å². The predicted octanol–water partition coefficient (Wildman–Crippen LogP) is 2.33. The maximum atomic E-state index is 11.4. The number of pyridine rings is 1. The SMILES string of the molecule is CS(=O)(=O)Nc1ccc(-c2cc(N3CCOCC3)nc(OCc3ccccn3)n2)cc1. The number of nitrogens with one attached hydrogen (secondary N) is 1. The van der Waals surface area contributed by atoms with Crippen LogP contribution in [0.4, 0.5) is 11.5 Å². The molecule has 0 radical (unpaired) electrons. The fourth-order valence-electron chi connectivity index (χ4n) is 3.12. The van der Waals surface area contributed by atoms with Crippen LogP contribution < -0.4 is 14.4 Å². The number of aromatic nitrogens is 3. The predicted molar refractivity (Wildman–Crippen MR) is 118 cm³/mol. The van der Waals surface area contributed by atoms with Gasteiger partial charge in [0.2, 0.25) is 10.0 Å². The largest absolute Gasteiger partial charge is 0.457 e. The Labute approximate surface area is 181 Å². The maximum Gasteiger partial charge on any atom is 0.319 e. The van der Waals surface area contributed by atoms with Gasteiger partial charge in [-0.05, 0) is 24.3 Å². The maximum absolute atomic E-state index is 11.4. The van der Waals surface area contributed by atoms with Crippen LogP contribution in [0.1, 0.15) is 5.69 Å². The Morgan fingerprint density at radius 1 is 1.10 bits per heavy atom. The fourth-order valence-corrected chi connectivity index (χ4v) is 3.69. The molecule has 31 heavy (non-hydrogen) atoms. The van der Waals surface area contributed by atoms with Crippen molar-refractivity contribution < 1.29 is 17.9 Å². The van der Waals surface area contributed by atoms with Gasteiger partial charge in [-0.3, -0.25) is 9.71 Å². The van der Waals surface area contributed by atoms with E-state index in [-0.39, 0.29) is 12.6 Å². The number of nitrogens with zero attached hydrogens (tertiary/aromatic N) is 4. The van der Waals surface area contributed by atoms with E-state index in [1.807, 2.05) is 36.4 Å². The van der Waals surface area contributed by atoms with E-state index in [2.05, 4.69) is 24.6 Å². The molecule has 3 aromatic rings. The lowest BCUT2D eigenvalue weighted by Crippen LogP contribution is -2.36. The minimum atomic E-state index is -3.34. The van der Waals surface area contributed by atoms with E-state index in [0.29, 0.717) is 24.6 Å². The Balaban J connectivity index is 1.62.